The Balaban J connectivity index is 2.94. The van der Waals surface area contributed by atoms with E-state index in [1.165, 1.54) is 18.2 Å². The average Bonchev–Trinajstić information content (AvgIpc) is 1.99. The van der Waals surface area contributed by atoms with Crippen LogP contribution in [0.4, 0.5) is 8.78 Å². The number of hydrogen-bond acceptors (Lipinski definition) is 2. The van der Waals surface area contributed by atoms with E-state index in [0.717, 1.165) is 0 Å². The molecule has 0 aliphatic heterocycles. The molecule has 1 rings (SSSR count). The Morgan fingerprint density at radius 2 is 1.73 bits per heavy atom. The Kier molecular flexibility index (Phi) is 3.81. The molecule has 0 bridgehead atoms. The van der Waals surface area contributed by atoms with Crippen LogP contribution in [0.15, 0.2) is 23.1 Å². The molecule has 0 amide bonds. The van der Waals surface area contributed by atoms with Gasteiger partial charge in [-0.1, -0.05) is 23.2 Å². The van der Waals surface area contributed by atoms with Crippen molar-refractivity contribution in [3.63, 3.8) is 0 Å². The molecule has 0 atom stereocenters. The van der Waals surface area contributed by atoms with Crippen molar-refractivity contribution in [1.29, 1.82) is 0 Å². The van der Waals surface area contributed by atoms with Gasteiger partial charge in [-0.3, -0.25) is 0 Å². The van der Waals surface area contributed by atoms with Crippen molar-refractivity contribution in [3.05, 3.63) is 28.2 Å². The highest BCUT2D eigenvalue weighted by molar-refractivity contribution is 8.01. The maximum atomic E-state index is 12.8. The molecule has 0 aliphatic rings. The molecule has 7 heteroatoms. The highest BCUT2D eigenvalue weighted by Crippen LogP contribution is 2.38. The van der Waals surface area contributed by atoms with Gasteiger partial charge in [0.05, 0.1) is 0 Å². The Hall–Kier alpha value is -0.520. The number of carboxylic acid groups (broad SMARTS) is 1. The van der Waals surface area contributed by atoms with E-state index in [4.69, 9.17) is 28.3 Å². The Morgan fingerprint density at radius 3 is 2.13 bits per heavy atom. The minimum atomic E-state index is -3.89. The summed E-state index contributed by atoms with van der Waals surface area (Å²) in [6.45, 7) is 0. The zero-order valence-corrected chi connectivity index (χ0v) is 9.34. The second kappa shape index (κ2) is 4.55. The van der Waals surface area contributed by atoms with E-state index >= 15 is 0 Å². The van der Waals surface area contributed by atoms with Crippen LogP contribution in [0.3, 0.4) is 0 Å². The molecule has 0 heterocycles. The maximum Gasteiger partial charge on any atom is 0.393 e. The number of thioether (sulfide) groups is 1. The Labute approximate surface area is 98.2 Å². The van der Waals surface area contributed by atoms with Gasteiger partial charge in [-0.2, -0.15) is 8.78 Å². The first-order valence-corrected chi connectivity index (χ1v) is 5.15. The molecular formula is C8H4Cl2F2O2S. The first-order valence-electron chi connectivity index (χ1n) is 3.57. The molecule has 0 aromatic heterocycles. The quantitative estimate of drug-likeness (QED) is 0.852. The monoisotopic (exact) mass is 272 g/mol. The van der Waals surface area contributed by atoms with Crippen molar-refractivity contribution in [2.75, 3.05) is 0 Å². The van der Waals surface area contributed by atoms with Gasteiger partial charge in [0, 0.05) is 14.9 Å². The third kappa shape index (κ3) is 3.52. The fraction of sp³-hybridized carbons (Fsp3) is 0.125. The lowest BCUT2D eigenvalue weighted by molar-refractivity contribution is -0.152. The zero-order valence-electron chi connectivity index (χ0n) is 7.01. The first kappa shape index (κ1) is 12.5. The van der Waals surface area contributed by atoms with Crippen LogP contribution in [0.5, 0.6) is 0 Å². The van der Waals surface area contributed by atoms with E-state index in [0.29, 0.717) is 0 Å². The van der Waals surface area contributed by atoms with Gasteiger partial charge in [0.25, 0.3) is 0 Å². The van der Waals surface area contributed by atoms with E-state index in [9.17, 15) is 13.6 Å². The lowest BCUT2D eigenvalue weighted by Gasteiger charge is -2.10. The second-order valence-corrected chi connectivity index (χ2v) is 4.59. The number of aliphatic carboxylic acids is 1. The summed E-state index contributed by atoms with van der Waals surface area (Å²) in [5.41, 5.74) is 0. The number of alkyl halides is 2. The van der Waals surface area contributed by atoms with Crippen molar-refractivity contribution in [1.82, 2.24) is 0 Å². The Morgan fingerprint density at radius 1 is 1.27 bits per heavy atom. The SMILES string of the molecule is O=C(O)C(F)(F)Sc1cc(Cl)cc(Cl)c1. The van der Waals surface area contributed by atoms with Crippen molar-refractivity contribution in [2.24, 2.45) is 0 Å². The zero-order chi connectivity index (χ0) is 11.6. The summed E-state index contributed by atoms with van der Waals surface area (Å²) in [6.07, 6.45) is 0. The lowest BCUT2D eigenvalue weighted by Crippen LogP contribution is -2.23. The van der Waals surface area contributed by atoms with E-state index in [-0.39, 0.29) is 26.7 Å². The summed E-state index contributed by atoms with van der Waals surface area (Å²) >= 11 is 11.0. The molecule has 0 unspecified atom stereocenters. The number of rotatable bonds is 3. The second-order valence-electron chi connectivity index (χ2n) is 2.53. The van der Waals surface area contributed by atoms with Crippen LogP contribution >= 0.6 is 35.0 Å². The standard InChI is InChI=1S/C8H4Cl2F2O2S/c9-4-1-5(10)3-6(2-4)15-8(11,12)7(13)14/h1-3H,(H,13,14). The molecule has 2 nitrogen and oxygen atoms in total. The van der Waals surface area contributed by atoms with Gasteiger partial charge in [-0.05, 0) is 30.0 Å². The highest BCUT2D eigenvalue weighted by atomic mass is 35.5. The van der Waals surface area contributed by atoms with E-state index in [1.54, 1.807) is 0 Å². The van der Waals surface area contributed by atoms with Crippen molar-refractivity contribution in [2.45, 2.75) is 10.2 Å². The average molecular weight is 273 g/mol. The summed E-state index contributed by atoms with van der Waals surface area (Å²) in [5.74, 6) is -2.21. The van der Waals surface area contributed by atoms with Crippen LogP contribution in [0, 0.1) is 0 Å². The Bertz CT molecular complexity index is 378. The summed E-state index contributed by atoms with van der Waals surface area (Å²) in [7, 11) is 0. The fourth-order valence-corrected chi connectivity index (χ4v) is 2.19. The van der Waals surface area contributed by atoms with E-state index in [2.05, 4.69) is 0 Å². The third-order valence-corrected chi connectivity index (χ3v) is 2.67. The van der Waals surface area contributed by atoms with Gasteiger partial charge < -0.3 is 5.11 Å². The van der Waals surface area contributed by atoms with Gasteiger partial charge in [-0.15, -0.1) is 0 Å². The van der Waals surface area contributed by atoms with Gasteiger partial charge in [0.1, 0.15) is 0 Å². The summed E-state index contributed by atoms with van der Waals surface area (Å²) in [5, 5.41) is 4.65. The molecule has 0 saturated carbocycles. The number of benzene rings is 1. The molecule has 0 aliphatic carbocycles. The number of hydrogen-bond donors (Lipinski definition) is 1. The molecule has 0 radical (unpaired) electrons. The van der Waals surface area contributed by atoms with Gasteiger partial charge >= 0.3 is 11.2 Å². The minimum Gasteiger partial charge on any atom is -0.476 e. The number of halogens is 4. The molecule has 0 spiro atoms. The number of carbonyl (C=O) groups is 1. The first-order chi connectivity index (χ1) is 6.81. The normalized spacial score (nSPS) is 11.5. The van der Waals surface area contributed by atoms with E-state index < -0.39 is 11.2 Å². The van der Waals surface area contributed by atoms with Crippen LogP contribution in [0.2, 0.25) is 10.0 Å². The van der Waals surface area contributed by atoms with Gasteiger partial charge in [0.15, 0.2) is 0 Å². The fourth-order valence-electron chi connectivity index (χ4n) is 0.779. The van der Waals surface area contributed by atoms with Gasteiger partial charge in [0.2, 0.25) is 0 Å². The van der Waals surface area contributed by atoms with Crippen LogP contribution < -0.4 is 0 Å². The smallest absolute Gasteiger partial charge is 0.393 e. The van der Waals surface area contributed by atoms with Crippen molar-refractivity contribution >= 4 is 40.9 Å². The largest absolute Gasteiger partial charge is 0.476 e. The van der Waals surface area contributed by atoms with Crippen molar-refractivity contribution in [3.8, 4) is 0 Å². The van der Waals surface area contributed by atoms with Crippen LogP contribution in [-0.4, -0.2) is 16.3 Å². The number of carboxylic acids is 1. The molecule has 0 saturated heterocycles. The summed E-state index contributed by atoms with van der Waals surface area (Å²) in [6, 6.07) is 3.80. The van der Waals surface area contributed by atoms with Crippen LogP contribution in [-0.2, 0) is 4.79 Å². The minimum absolute atomic E-state index is 0.0000926. The summed E-state index contributed by atoms with van der Waals surface area (Å²) < 4.78 is 25.5. The topological polar surface area (TPSA) is 37.3 Å². The lowest BCUT2D eigenvalue weighted by atomic mass is 10.4. The van der Waals surface area contributed by atoms with Crippen LogP contribution in [0.25, 0.3) is 0 Å². The molecule has 1 aromatic carbocycles. The molecule has 15 heavy (non-hydrogen) atoms. The predicted octanol–water partition coefficient (Wildman–Crippen LogP) is 3.76. The molecule has 82 valence electrons. The summed E-state index contributed by atoms with van der Waals surface area (Å²) in [4.78, 5) is 10.2. The van der Waals surface area contributed by atoms with Crippen molar-refractivity contribution < 1.29 is 18.7 Å². The van der Waals surface area contributed by atoms with Crippen LogP contribution in [0.1, 0.15) is 0 Å². The maximum absolute atomic E-state index is 12.8. The molecule has 0 fully saturated rings. The molecular weight excluding hydrogens is 269 g/mol. The molecule has 1 aromatic rings. The van der Waals surface area contributed by atoms with Gasteiger partial charge in [-0.25, -0.2) is 4.79 Å². The van der Waals surface area contributed by atoms with E-state index in [1.807, 2.05) is 0 Å². The predicted molar refractivity (Wildman–Crippen MR) is 54.9 cm³/mol. The third-order valence-electron chi connectivity index (χ3n) is 1.33. The molecule has 1 N–H and O–H groups in total. The highest BCUT2D eigenvalue weighted by Gasteiger charge is 2.40.